The molecule has 4 N–H and O–H groups in total. The molecule has 3 aromatic carbocycles. The van der Waals surface area contributed by atoms with Gasteiger partial charge in [0.1, 0.15) is 23.2 Å². The van der Waals surface area contributed by atoms with Gasteiger partial charge < -0.3 is 48.9 Å². The summed E-state index contributed by atoms with van der Waals surface area (Å²) in [6.07, 6.45) is 0.592. The molecule has 0 saturated carbocycles. The van der Waals surface area contributed by atoms with Gasteiger partial charge in [0.25, 0.3) is 0 Å². The van der Waals surface area contributed by atoms with Crippen molar-refractivity contribution in [2.24, 2.45) is 11.5 Å². The van der Waals surface area contributed by atoms with Gasteiger partial charge in [0.2, 0.25) is 0 Å². The standard InChI is InChI=1S/C35H35N3O10/c1-16(36)33(39)46-22-8-7-19(12-24(22)42-3)29-30-21-14-27(45-6)28(48-34(40)17(2)37)15-23(21)47-35(41)32(30)38-10-9-18-11-25(43-4)26(44-5)13-20(18)31(29)38/h7-8,11-17H,9-10,36-37H2,1-6H3/t16-,17-/m0/s1. The van der Waals surface area contributed by atoms with E-state index in [9.17, 15) is 14.4 Å². The van der Waals surface area contributed by atoms with Crippen LogP contribution in [-0.2, 0) is 22.6 Å². The second-order valence-corrected chi connectivity index (χ2v) is 11.4. The van der Waals surface area contributed by atoms with E-state index in [1.165, 1.54) is 34.1 Å². The molecule has 0 aliphatic carbocycles. The minimum absolute atomic E-state index is 0.0458. The fourth-order valence-electron chi connectivity index (χ4n) is 5.98. The van der Waals surface area contributed by atoms with Crippen LogP contribution in [0.25, 0.3) is 44.3 Å². The zero-order valence-electron chi connectivity index (χ0n) is 27.3. The van der Waals surface area contributed by atoms with Crippen molar-refractivity contribution >= 4 is 33.8 Å². The first-order valence-electron chi connectivity index (χ1n) is 15.1. The molecule has 5 aromatic rings. The number of methoxy groups -OCH3 is 4. The first-order chi connectivity index (χ1) is 23.0. The van der Waals surface area contributed by atoms with E-state index >= 15 is 0 Å². The first-order valence-corrected chi connectivity index (χ1v) is 15.1. The summed E-state index contributed by atoms with van der Waals surface area (Å²) in [5.41, 5.74) is 15.2. The molecule has 250 valence electrons. The summed E-state index contributed by atoms with van der Waals surface area (Å²) < 4.78 is 41.4. The number of nitrogens with two attached hydrogens (primary N) is 2. The van der Waals surface area contributed by atoms with Gasteiger partial charge in [-0.1, -0.05) is 6.07 Å². The van der Waals surface area contributed by atoms with Gasteiger partial charge in [0, 0.05) is 34.5 Å². The number of aryl methyl sites for hydroxylation is 2. The molecule has 48 heavy (non-hydrogen) atoms. The van der Waals surface area contributed by atoms with Crippen molar-refractivity contribution in [3.05, 3.63) is 58.4 Å². The lowest BCUT2D eigenvalue weighted by molar-refractivity contribution is -0.136. The van der Waals surface area contributed by atoms with Crippen LogP contribution >= 0.6 is 0 Å². The normalized spacial score (nSPS) is 13.3. The van der Waals surface area contributed by atoms with Gasteiger partial charge in [-0.3, -0.25) is 0 Å². The van der Waals surface area contributed by atoms with Crippen molar-refractivity contribution < 1.29 is 42.4 Å². The Morgan fingerprint density at radius 2 is 1.35 bits per heavy atom. The molecule has 3 heterocycles. The van der Waals surface area contributed by atoms with Crippen LogP contribution < -0.4 is 45.5 Å². The lowest BCUT2D eigenvalue weighted by atomic mass is 9.91. The second-order valence-electron chi connectivity index (χ2n) is 11.4. The highest BCUT2D eigenvalue weighted by Gasteiger charge is 2.31. The second kappa shape index (κ2) is 12.6. The van der Waals surface area contributed by atoms with Crippen LogP contribution in [0.3, 0.4) is 0 Å². The van der Waals surface area contributed by atoms with Crippen molar-refractivity contribution in [2.75, 3.05) is 28.4 Å². The number of esters is 2. The molecule has 0 radical (unpaired) electrons. The van der Waals surface area contributed by atoms with Crippen LogP contribution in [0.1, 0.15) is 19.4 Å². The maximum atomic E-state index is 13.9. The number of hydrogen-bond donors (Lipinski definition) is 2. The van der Waals surface area contributed by atoms with Crippen LogP contribution in [-0.4, -0.2) is 57.0 Å². The van der Waals surface area contributed by atoms with Crippen LogP contribution in [0.2, 0.25) is 0 Å². The molecule has 13 heteroatoms. The smallest absolute Gasteiger partial charge is 0.361 e. The molecule has 1 aliphatic heterocycles. The predicted molar refractivity (Wildman–Crippen MR) is 177 cm³/mol. The Morgan fingerprint density at radius 3 is 1.98 bits per heavy atom. The van der Waals surface area contributed by atoms with E-state index in [4.69, 9.17) is 44.3 Å². The Hall–Kier alpha value is -5.53. The lowest BCUT2D eigenvalue weighted by Gasteiger charge is -2.23. The molecule has 0 unspecified atom stereocenters. The van der Waals surface area contributed by atoms with Gasteiger partial charge in [-0.05, 0) is 61.7 Å². The van der Waals surface area contributed by atoms with Gasteiger partial charge in [-0.15, -0.1) is 0 Å². The van der Waals surface area contributed by atoms with E-state index < -0.39 is 29.6 Å². The van der Waals surface area contributed by atoms with Gasteiger partial charge in [0.05, 0.1) is 34.1 Å². The van der Waals surface area contributed by atoms with Gasteiger partial charge in [0.15, 0.2) is 34.5 Å². The van der Waals surface area contributed by atoms with E-state index in [2.05, 4.69) is 0 Å². The highest BCUT2D eigenvalue weighted by Crippen LogP contribution is 2.50. The fourth-order valence-corrected chi connectivity index (χ4v) is 5.98. The molecule has 0 amide bonds. The molecule has 1 aliphatic rings. The van der Waals surface area contributed by atoms with Crippen LogP contribution in [0.4, 0.5) is 0 Å². The van der Waals surface area contributed by atoms with Crippen molar-refractivity contribution in [3.63, 3.8) is 0 Å². The molecular weight excluding hydrogens is 622 g/mol. The predicted octanol–water partition coefficient (Wildman–Crippen LogP) is 4.18. The number of aromatic nitrogens is 1. The van der Waals surface area contributed by atoms with E-state index in [1.54, 1.807) is 38.5 Å². The summed E-state index contributed by atoms with van der Waals surface area (Å²) in [5, 5.41) is 1.08. The maximum Gasteiger partial charge on any atom is 0.361 e. The number of carbonyl (C=O) groups is 2. The van der Waals surface area contributed by atoms with Crippen LogP contribution in [0.15, 0.2) is 51.7 Å². The topological polar surface area (TPSA) is 177 Å². The summed E-state index contributed by atoms with van der Waals surface area (Å²) in [6, 6.07) is 10.3. The number of benzene rings is 3. The molecule has 2 atom stereocenters. The number of ether oxygens (including phenoxy) is 6. The third-order valence-electron chi connectivity index (χ3n) is 8.28. The average Bonchev–Trinajstić information content (AvgIpc) is 3.43. The number of fused-ring (bicyclic) bond motifs is 7. The van der Waals surface area contributed by atoms with E-state index in [0.29, 0.717) is 51.9 Å². The van der Waals surface area contributed by atoms with Gasteiger partial charge in [-0.2, -0.15) is 0 Å². The van der Waals surface area contributed by atoms with E-state index in [1.807, 2.05) is 16.7 Å². The Bertz CT molecular complexity index is 2160. The molecule has 0 saturated heterocycles. The molecule has 6 rings (SSSR count). The lowest BCUT2D eigenvalue weighted by Crippen LogP contribution is -2.31. The van der Waals surface area contributed by atoms with Crippen LogP contribution in [0, 0.1) is 0 Å². The number of nitrogens with zero attached hydrogens (tertiary/aromatic N) is 1. The van der Waals surface area contributed by atoms with E-state index in [-0.39, 0.29) is 28.6 Å². The zero-order chi connectivity index (χ0) is 34.4. The summed E-state index contributed by atoms with van der Waals surface area (Å²) in [4.78, 5) is 38.7. The molecule has 0 fully saturated rings. The SMILES string of the molecule is COc1cc2c(cc1OC)-c1c(-c3ccc(OC(=O)[C@H](C)N)c(OC)c3)c3c4cc(OC)c(OC(=O)[C@H](C)N)cc4oc(=O)c3n1CC2. The minimum atomic E-state index is -0.898. The summed E-state index contributed by atoms with van der Waals surface area (Å²) >= 11 is 0. The highest BCUT2D eigenvalue weighted by molar-refractivity contribution is 6.17. The van der Waals surface area contributed by atoms with Crippen molar-refractivity contribution in [2.45, 2.75) is 38.9 Å². The summed E-state index contributed by atoms with van der Waals surface area (Å²) in [6.45, 7) is 3.47. The van der Waals surface area contributed by atoms with Gasteiger partial charge >= 0.3 is 17.6 Å². The average molecular weight is 658 g/mol. The third-order valence-corrected chi connectivity index (χ3v) is 8.28. The van der Waals surface area contributed by atoms with Crippen molar-refractivity contribution in [3.8, 4) is 56.9 Å². The summed E-state index contributed by atoms with van der Waals surface area (Å²) in [7, 11) is 6.03. The van der Waals surface area contributed by atoms with Crippen LogP contribution in [0.5, 0.6) is 34.5 Å². The first kappa shape index (κ1) is 32.4. The maximum absolute atomic E-state index is 13.9. The quantitative estimate of drug-likeness (QED) is 0.132. The van der Waals surface area contributed by atoms with Crippen molar-refractivity contribution in [1.82, 2.24) is 4.57 Å². The van der Waals surface area contributed by atoms with Gasteiger partial charge in [-0.25, -0.2) is 14.4 Å². The summed E-state index contributed by atoms with van der Waals surface area (Å²) in [5.74, 6) is 0.498. The Kier molecular flexibility index (Phi) is 8.50. The Morgan fingerprint density at radius 1 is 0.771 bits per heavy atom. The molecule has 0 spiro atoms. The number of carbonyl (C=O) groups excluding carboxylic acids is 2. The molecule has 13 nitrogen and oxygen atoms in total. The Balaban J connectivity index is 1.72. The molecule has 2 aromatic heterocycles. The zero-order valence-corrected chi connectivity index (χ0v) is 27.3. The number of rotatable bonds is 9. The van der Waals surface area contributed by atoms with E-state index in [0.717, 1.165) is 16.8 Å². The molecule has 0 bridgehead atoms. The molecular formula is C35H35N3O10. The fraction of sp³-hybridized carbons (Fsp3) is 0.286. The number of hydrogen-bond acceptors (Lipinski definition) is 12. The van der Waals surface area contributed by atoms with Crippen molar-refractivity contribution in [1.29, 1.82) is 0 Å². The highest BCUT2D eigenvalue weighted by atomic mass is 16.6. The third kappa shape index (κ3) is 5.36. The Labute approximate surface area is 274 Å². The minimum Gasteiger partial charge on any atom is -0.493 e. The largest absolute Gasteiger partial charge is 0.493 e. The monoisotopic (exact) mass is 657 g/mol.